The number of nitrogens with one attached hydrogen (secondary N) is 1. The number of hydrogen-bond acceptors (Lipinski definition) is 5. The summed E-state index contributed by atoms with van der Waals surface area (Å²) >= 11 is 0. The summed E-state index contributed by atoms with van der Waals surface area (Å²) in [4.78, 5) is 15.8. The number of aryl methyl sites for hydroxylation is 1. The number of aromatic nitrogens is 3. The Balaban J connectivity index is 2.23. The molecule has 88 valence electrons. The lowest BCUT2D eigenvalue weighted by Crippen LogP contribution is -2.17. The smallest absolute Gasteiger partial charge is 0.260 e. The van der Waals surface area contributed by atoms with Crippen LogP contribution in [-0.4, -0.2) is 20.7 Å². The molecule has 1 amide bonds. The van der Waals surface area contributed by atoms with Crippen molar-refractivity contribution in [2.75, 3.05) is 16.8 Å². The summed E-state index contributed by atoms with van der Waals surface area (Å²) in [6.45, 7) is 0. The lowest BCUT2D eigenvalue weighted by atomic mass is 10.1. The fourth-order valence-corrected chi connectivity index (χ4v) is 1.37. The standard InChI is InChI=1S/C10H12N6O/c1-16-10(13-5-14-16)15-9(17)7-3-2-6(11)4-8(7)12/h2-5H,11-12H2,1H3,(H,13,14,15,17). The van der Waals surface area contributed by atoms with Crippen LogP contribution in [0.4, 0.5) is 17.3 Å². The second-order valence-corrected chi connectivity index (χ2v) is 3.51. The van der Waals surface area contributed by atoms with E-state index in [0.717, 1.165) is 0 Å². The van der Waals surface area contributed by atoms with E-state index >= 15 is 0 Å². The molecule has 7 nitrogen and oxygen atoms in total. The molecule has 7 heteroatoms. The van der Waals surface area contributed by atoms with E-state index in [2.05, 4.69) is 15.4 Å². The van der Waals surface area contributed by atoms with Crippen molar-refractivity contribution in [2.45, 2.75) is 0 Å². The molecule has 0 unspecified atom stereocenters. The summed E-state index contributed by atoms with van der Waals surface area (Å²) < 4.78 is 1.45. The van der Waals surface area contributed by atoms with Gasteiger partial charge in [-0.2, -0.15) is 10.1 Å². The van der Waals surface area contributed by atoms with Crippen LogP contribution in [0.3, 0.4) is 0 Å². The Morgan fingerprint density at radius 2 is 2.18 bits per heavy atom. The van der Waals surface area contributed by atoms with E-state index < -0.39 is 0 Å². The molecule has 1 aromatic heterocycles. The van der Waals surface area contributed by atoms with Gasteiger partial charge < -0.3 is 11.5 Å². The highest BCUT2D eigenvalue weighted by Crippen LogP contribution is 2.16. The monoisotopic (exact) mass is 232 g/mol. The summed E-state index contributed by atoms with van der Waals surface area (Å²) in [7, 11) is 1.68. The predicted molar refractivity (Wildman–Crippen MR) is 64.2 cm³/mol. The molecule has 2 rings (SSSR count). The van der Waals surface area contributed by atoms with E-state index in [4.69, 9.17) is 11.5 Å². The number of benzene rings is 1. The molecule has 0 radical (unpaired) electrons. The van der Waals surface area contributed by atoms with Gasteiger partial charge in [-0.05, 0) is 18.2 Å². The highest BCUT2D eigenvalue weighted by Gasteiger charge is 2.12. The number of nitrogens with zero attached hydrogens (tertiary/aromatic N) is 3. The van der Waals surface area contributed by atoms with Crippen LogP contribution < -0.4 is 16.8 Å². The molecule has 1 aromatic carbocycles. The Labute approximate surface area is 97.4 Å². The maximum absolute atomic E-state index is 11.9. The van der Waals surface area contributed by atoms with Gasteiger partial charge in [-0.1, -0.05) is 0 Å². The molecule has 0 aliphatic rings. The van der Waals surface area contributed by atoms with Crippen LogP contribution in [0.2, 0.25) is 0 Å². The first-order valence-corrected chi connectivity index (χ1v) is 4.88. The highest BCUT2D eigenvalue weighted by atomic mass is 16.1. The van der Waals surface area contributed by atoms with Crippen LogP contribution in [0.15, 0.2) is 24.5 Å². The summed E-state index contributed by atoms with van der Waals surface area (Å²) in [6, 6.07) is 4.71. The molecule has 0 saturated carbocycles. The van der Waals surface area contributed by atoms with Crippen LogP contribution in [-0.2, 0) is 7.05 Å². The van der Waals surface area contributed by atoms with Gasteiger partial charge in [-0.15, -0.1) is 0 Å². The topological polar surface area (TPSA) is 112 Å². The molecular weight excluding hydrogens is 220 g/mol. The minimum atomic E-state index is -0.349. The van der Waals surface area contributed by atoms with E-state index in [1.807, 2.05) is 0 Å². The Kier molecular flexibility index (Phi) is 2.65. The van der Waals surface area contributed by atoms with Gasteiger partial charge in [0.2, 0.25) is 5.95 Å². The van der Waals surface area contributed by atoms with Crippen LogP contribution in [0.1, 0.15) is 10.4 Å². The zero-order valence-electron chi connectivity index (χ0n) is 9.21. The molecule has 0 saturated heterocycles. The molecule has 1 heterocycles. The predicted octanol–water partition coefficient (Wildman–Crippen LogP) is 0.232. The van der Waals surface area contributed by atoms with Crippen LogP contribution in [0, 0.1) is 0 Å². The third-order valence-electron chi connectivity index (χ3n) is 2.26. The van der Waals surface area contributed by atoms with E-state index in [-0.39, 0.29) is 5.91 Å². The van der Waals surface area contributed by atoms with Gasteiger partial charge >= 0.3 is 0 Å². The van der Waals surface area contributed by atoms with E-state index in [1.54, 1.807) is 19.2 Å². The minimum Gasteiger partial charge on any atom is -0.399 e. The Morgan fingerprint density at radius 3 is 2.76 bits per heavy atom. The first-order chi connectivity index (χ1) is 8.08. The van der Waals surface area contributed by atoms with Gasteiger partial charge in [0.05, 0.1) is 5.56 Å². The number of rotatable bonds is 2. The van der Waals surface area contributed by atoms with Crippen molar-refractivity contribution in [1.82, 2.24) is 14.8 Å². The van der Waals surface area contributed by atoms with Crippen molar-refractivity contribution in [3.05, 3.63) is 30.1 Å². The van der Waals surface area contributed by atoms with E-state index in [0.29, 0.717) is 22.9 Å². The minimum absolute atomic E-state index is 0.324. The largest absolute Gasteiger partial charge is 0.399 e. The van der Waals surface area contributed by atoms with E-state index in [1.165, 1.54) is 17.1 Å². The summed E-state index contributed by atoms with van der Waals surface area (Å²) in [5.41, 5.74) is 12.4. The second kappa shape index (κ2) is 4.12. The average molecular weight is 232 g/mol. The molecule has 0 fully saturated rings. The van der Waals surface area contributed by atoms with Gasteiger partial charge in [0.15, 0.2) is 0 Å². The van der Waals surface area contributed by atoms with Crippen molar-refractivity contribution < 1.29 is 4.79 Å². The third kappa shape index (κ3) is 2.17. The number of nitrogen functional groups attached to an aromatic ring is 2. The van der Waals surface area contributed by atoms with Gasteiger partial charge in [0.1, 0.15) is 6.33 Å². The van der Waals surface area contributed by atoms with Gasteiger partial charge in [0, 0.05) is 18.4 Å². The molecule has 0 atom stereocenters. The Morgan fingerprint density at radius 1 is 1.41 bits per heavy atom. The third-order valence-corrected chi connectivity index (χ3v) is 2.26. The first-order valence-electron chi connectivity index (χ1n) is 4.88. The van der Waals surface area contributed by atoms with Crippen molar-refractivity contribution in [3.63, 3.8) is 0 Å². The maximum atomic E-state index is 11.9. The molecule has 0 aliphatic heterocycles. The quantitative estimate of drug-likeness (QED) is 0.642. The number of carbonyl (C=O) groups excluding carboxylic acids is 1. The van der Waals surface area contributed by atoms with Gasteiger partial charge in [0.25, 0.3) is 5.91 Å². The normalized spacial score (nSPS) is 10.2. The lowest BCUT2D eigenvalue weighted by Gasteiger charge is -2.07. The lowest BCUT2D eigenvalue weighted by molar-refractivity contribution is 0.102. The van der Waals surface area contributed by atoms with Crippen LogP contribution in [0.25, 0.3) is 0 Å². The zero-order chi connectivity index (χ0) is 12.4. The fourth-order valence-electron chi connectivity index (χ4n) is 1.37. The second-order valence-electron chi connectivity index (χ2n) is 3.51. The van der Waals surface area contributed by atoms with Crippen molar-refractivity contribution in [1.29, 1.82) is 0 Å². The number of hydrogen-bond donors (Lipinski definition) is 3. The molecule has 0 bridgehead atoms. The molecule has 17 heavy (non-hydrogen) atoms. The van der Waals surface area contributed by atoms with E-state index in [9.17, 15) is 4.79 Å². The van der Waals surface area contributed by atoms with Crippen molar-refractivity contribution in [3.8, 4) is 0 Å². The molecular formula is C10H12N6O. The average Bonchev–Trinajstić information content (AvgIpc) is 2.64. The zero-order valence-corrected chi connectivity index (χ0v) is 9.21. The molecule has 5 N–H and O–H groups in total. The number of nitrogens with two attached hydrogens (primary N) is 2. The van der Waals surface area contributed by atoms with Crippen molar-refractivity contribution in [2.24, 2.45) is 7.05 Å². The SMILES string of the molecule is Cn1ncnc1NC(=O)c1ccc(N)cc1N. The highest BCUT2D eigenvalue weighted by molar-refractivity contribution is 6.07. The summed E-state index contributed by atoms with van der Waals surface area (Å²) in [5, 5.41) is 6.44. The molecule has 2 aromatic rings. The molecule has 0 aliphatic carbocycles. The Hall–Kier alpha value is -2.57. The Bertz CT molecular complexity index is 562. The van der Waals surface area contributed by atoms with Crippen molar-refractivity contribution >= 4 is 23.2 Å². The maximum Gasteiger partial charge on any atom is 0.260 e. The fraction of sp³-hybridized carbons (Fsp3) is 0.100. The van der Waals surface area contributed by atoms with Gasteiger partial charge in [-0.3, -0.25) is 10.1 Å². The first kappa shape index (κ1) is 10.9. The molecule has 0 spiro atoms. The number of carbonyl (C=O) groups is 1. The summed E-state index contributed by atoms with van der Waals surface area (Å²) in [5.74, 6) is 0.00447. The summed E-state index contributed by atoms with van der Waals surface area (Å²) in [6.07, 6.45) is 1.35. The van der Waals surface area contributed by atoms with Crippen LogP contribution in [0.5, 0.6) is 0 Å². The van der Waals surface area contributed by atoms with Gasteiger partial charge in [-0.25, -0.2) is 4.68 Å². The van der Waals surface area contributed by atoms with Crippen LogP contribution >= 0.6 is 0 Å². The number of amides is 1. The number of anilines is 3.